The van der Waals surface area contributed by atoms with Crippen molar-refractivity contribution in [2.24, 2.45) is 5.73 Å². The van der Waals surface area contributed by atoms with E-state index in [-0.39, 0.29) is 12.1 Å². The molecule has 23 heavy (non-hydrogen) atoms. The molecule has 0 saturated heterocycles. The Labute approximate surface area is 137 Å². The number of aryl methyl sites for hydroxylation is 2. The van der Waals surface area contributed by atoms with E-state index in [1.54, 1.807) is 12.1 Å². The summed E-state index contributed by atoms with van der Waals surface area (Å²) >= 11 is 0. The van der Waals surface area contributed by atoms with Crippen LogP contribution in [0, 0.1) is 13.8 Å². The molecule has 0 heterocycles. The second-order valence-electron chi connectivity index (χ2n) is 5.58. The summed E-state index contributed by atoms with van der Waals surface area (Å²) < 4.78 is 10.7. The van der Waals surface area contributed by atoms with Gasteiger partial charge in [0.15, 0.2) is 0 Å². The van der Waals surface area contributed by atoms with Gasteiger partial charge >= 0.3 is 5.97 Å². The van der Waals surface area contributed by atoms with Gasteiger partial charge in [-0.2, -0.15) is 0 Å². The molecule has 1 atom stereocenters. The van der Waals surface area contributed by atoms with E-state index in [1.165, 1.54) is 18.2 Å². The van der Waals surface area contributed by atoms with Crippen LogP contribution in [0.4, 0.5) is 0 Å². The number of ether oxygens (including phenoxy) is 2. The van der Waals surface area contributed by atoms with Crippen LogP contribution in [0.1, 0.15) is 38.7 Å². The van der Waals surface area contributed by atoms with Gasteiger partial charge in [0.25, 0.3) is 0 Å². The van der Waals surface area contributed by atoms with Crippen LogP contribution in [-0.2, 0) is 16.1 Å². The highest BCUT2D eigenvalue weighted by Gasteiger charge is 2.13. The number of carbonyl (C=O) groups excluding carboxylic acids is 1. The van der Waals surface area contributed by atoms with E-state index in [1.807, 2.05) is 12.1 Å². The maximum Gasteiger partial charge on any atom is 0.337 e. The molecule has 2 rings (SSSR count). The maximum atomic E-state index is 11.4. The van der Waals surface area contributed by atoms with Gasteiger partial charge in [0.05, 0.1) is 25.4 Å². The van der Waals surface area contributed by atoms with Crippen LogP contribution < -0.4 is 5.73 Å². The van der Waals surface area contributed by atoms with Crippen molar-refractivity contribution >= 4 is 5.97 Å². The Hall–Kier alpha value is -2.17. The molecule has 2 aromatic rings. The van der Waals surface area contributed by atoms with Gasteiger partial charge in [0, 0.05) is 6.54 Å². The normalized spacial score (nSPS) is 12.0. The Morgan fingerprint density at radius 1 is 1.13 bits per heavy atom. The summed E-state index contributed by atoms with van der Waals surface area (Å²) in [6, 6.07) is 13.5. The number of benzene rings is 2. The first-order chi connectivity index (χ1) is 11.0. The van der Waals surface area contributed by atoms with Gasteiger partial charge in [-0.1, -0.05) is 35.9 Å². The van der Waals surface area contributed by atoms with E-state index in [4.69, 9.17) is 10.5 Å². The Kier molecular flexibility index (Phi) is 5.90. The van der Waals surface area contributed by atoms with Gasteiger partial charge in [-0.25, -0.2) is 4.79 Å². The van der Waals surface area contributed by atoms with Crippen LogP contribution in [0.5, 0.6) is 0 Å². The molecule has 0 aliphatic carbocycles. The zero-order valence-corrected chi connectivity index (χ0v) is 13.8. The quantitative estimate of drug-likeness (QED) is 0.831. The standard InChI is InChI=1S/C19H23NO3/c1-13-4-5-14(2)17(10-13)18(11-20)23-12-15-6-8-16(9-7-15)19(21)22-3/h4-10,18H,11-12,20H2,1-3H3. The number of methoxy groups -OCH3 is 1. The van der Waals surface area contributed by atoms with Crippen molar-refractivity contribution in [3.63, 3.8) is 0 Å². The van der Waals surface area contributed by atoms with E-state index < -0.39 is 0 Å². The van der Waals surface area contributed by atoms with Crippen LogP contribution in [0.15, 0.2) is 42.5 Å². The molecule has 0 aliphatic rings. The molecule has 0 bridgehead atoms. The first kappa shape index (κ1) is 17.2. The number of esters is 1. The van der Waals surface area contributed by atoms with E-state index in [0.29, 0.717) is 18.7 Å². The summed E-state index contributed by atoms with van der Waals surface area (Å²) in [4.78, 5) is 11.4. The summed E-state index contributed by atoms with van der Waals surface area (Å²) in [5, 5.41) is 0. The van der Waals surface area contributed by atoms with Gasteiger partial charge in [-0.05, 0) is 42.7 Å². The molecule has 2 aromatic carbocycles. The molecule has 0 aromatic heterocycles. The van der Waals surface area contributed by atoms with Gasteiger partial charge in [-0.15, -0.1) is 0 Å². The summed E-state index contributed by atoms with van der Waals surface area (Å²) in [7, 11) is 1.37. The lowest BCUT2D eigenvalue weighted by Crippen LogP contribution is -2.17. The van der Waals surface area contributed by atoms with Crippen molar-refractivity contribution in [2.45, 2.75) is 26.6 Å². The monoisotopic (exact) mass is 313 g/mol. The number of rotatable bonds is 6. The predicted octanol–water partition coefficient (Wildman–Crippen LogP) is 3.31. The first-order valence-electron chi connectivity index (χ1n) is 7.61. The lowest BCUT2D eigenvalue weighted by atomic mass is 10.0. The first-order valence-corrected chi connectivity index (χ1v) is 7.61. The third kappa shape index (κ3) is 4.41. The highest BCUT2D eigenvalue weighted by molar-refractivity contribution is 5.89. The number of hydrogen-bond acceptors (Lipinski definition) is 4. The van der Waals surface area contributed by atoms with Gasteiger partial charge < -0.3 is 15.2 Å². The van der Waals surface area contributed by atoms with Crippen molar-refractivity contribution in [3.8, 4) is 0 Å². The SMILES string of the molecule is COC(=O)c1ccc(COC(CN)c2cc(C)ccc2C)cc1. The van der Waals surface area contributed by atoms with E-state index in [2.05, 4.69) is 36.8 Å². The van der Waals surface area contributed by atoms with Crippen molar-refractivity contribution in [1.29, 1.82) is 0 Å². The van der Waals surface area contributed by atoms with Crippen LogP contribution >= 0.6 is 0 Å². The molecular weight excluding hydrogens is 290 g/mol. The van der Waals surface area contributed by atoms with Crippen LogP contribution in [0.2, 0.25) is 0 Å². The predicted molar refractivity (Wildman–Crippen MR) is 90.3 cm³/mol. The molecule has 4 nitrogen and oxygen atoms in total. The lowest BCUT2D eigenvalue weighted by molar-refractivity contribution is 0.0451. The molecule has 122 valence electrons. The zero-order valence-electron chi connectivity index (χ0n) is 13.8. The molecule has 0 radical (unpaired) electrons. The maximum absolute atomic E-state index is 11.4. The van der Waals surface area contributed by atoms with Crippen molar-refractivity contribution in [1.82, 2.24) is 0 Å². The Morgan fingerprint density at radius 3 is 2.43 bits per heavy atom. The molecule has 0 saturated carbocycles. The minimum Gasteiger partial charge on any atom is -0.465 e. The fourth-order valence-electron chi connectivity index (χ4n) is 2.44. The molecule has 0 amide bonds. The zero-order chi connectivity index (χ0) is 16.8. The second kappa shape index (κ2) is 7.90. The minimum absolute atomic E-state index is 0.143. The number of nitrogens with two attached hydrogens (primary N) is 1. The van der Waals surface area contributed by atoms with Gasteiger partial charge in [0.1, 0.15) is 0 Å². The molecule has 1 unspecified atom stereocenters. The molecule has 0 fully saturated rings. The van der Waals surface area contributed by atoms with Crippen molar-refractivity contribution in [2.75, 3.05) is 13.7 Å². The lowest BCUT2D eigenvalue weighted by Gasteiger charge is -2.19. The van der Waals surface area contributed by atoms with E-state index in [9.17, 15) is 4.79 Å². The van der Waals surface area contributed by atoms with Gasteiger partial charge in [-0.3, -0.25) is 0 Å². The Balaban J connectivity index is 2.06. The smallest absolute Gasteiger partial charge is 0.337 e. The summed E-state index contributed by atoms with van der Waals surface area (Å²) in [6.45, 7) is 4.98. The highest BCUT2D eigenvalue weighted by Crippen LogP contribution is 2.23. The van der Waals surface area contributed by atoms with Crippen molar-refractivity contribution < 1.29 is 14.3 Å². The van der Waals surface area contributed by atoms with Crippen LogP contribution in [0.3, 0.4) is 0 Å². The average Bonchev–Trinajstić information content (AvgIpc) is 2.58. The molecule has 0 spiro atoms. The fourth-order valence-corrected chi connectivity index (χ4v) is 2.44. The molecule has 4 heteroatoms. The molecule has 0 aliphatic heterocycles. The van der Waals surface area contributed by atoms with E-state index in [0.717, 1.165) is 11.1 Å². The van der Waals surface area contributed by atoms with Gasteiger partial charge in [0.2, 0.25) is 0 Å². The van der Waals surface area contributed by atoms with Crippen molar-refractivity contribution in [3.05, 3.63) is 70.3 Å². The summed E-state index contributed by atoms with van der Waals surface area (Å²) in [6.07, 6.45) is -0.143. The number of carbonyl (C=O) groups is 1. The van der Waals surface area contributed by atoms with Crippen LogP contribution in [0.25, 0.3) is 0 Å². The van der Waals surface area contributed by atoms with E-state index >= 15 is 0 Å². The third-order valence-corrected chi connectivity index (χ3v) is 3.82. The molecular formula is C19H23NO3. The topological polar surface area (TPSA) is 61.5 Å². The minimum atomic E-state index is -0.340. The van der Waals surface area contributed by atoms with Crippen LogP contribution in [-0.4, -0.2) is 19.6 Å². The Morgan fingerprint density at radius 2 is 1.83 bits per heavy atom. The largest absolute Gasteiger partial charge is 0.465 e. The summed E-state index contributed by atoms with van der Waals surface area (Å²) in [5.74, 6) is -0.340. The second-order valence-corrected chi connectivity index (χ2v) is 5.58. The fraction of sp³-hybridized carbons (Fsp3) is 0.316. The third-order valence-electron chi connectivity index (χ3n) is 3.82. The molecule has 2 N–H and O–H groups in total. The Bertz CT molecular complexity index is 665. The summed E-state index contributed by atoms with van der Waals surface area (Å²) in [5.41, 5.74) is 10.9. The highest BCUT2D eigenvalue weighted by atomic mass is 16.5. The average molecular weight is 313 g/mol. The number of hydrogen-bond donors (Lipinski definition) is 1.